The van der Waals surface area contributed by atoms with Gasteiger partial charge in [0.15, 0.2) is 5.78 Å². The molecule has 6 nitrogen and oxygen atoms in total. The minimum atomic E-state index is -0.592. The van der Waals surface area contributed by atoms with E-state index in [1.54, 1.807) is 24.1 Å². The van der Waals surface area contributed by atoms with Crippen LogP contribution in [0.5, 0.6) is 0 Å². The molecule has 0 heterocycles. The molecule has 1 saturated carbocycles. The number of amides is 1. The summed E-state index contributed by atoms with van der Waals surface area (Å²) in [4.78, 5) is 24.8. The molecule has 1 aliphatic rings. The van der Waals surface area contributed by atoms with Crippen LogP contribution in [0.2, 0.25) is 0 Å². The van der Waals surface area contributed by atoms with E-state index in [9.17, 15) is 20.1 Å². The quantitative estimate of drug-likeness (QED) is 0.526. The fraction of sp³-hybridized carbons (Fsp3) is 0.500. The van der Waals surface area contributed by atoms with Crippen molar-refractivity contribution in [2.45, 2.75) is 64.3 Å². The van der Waals surface area contributed by atoms with E-state index in [1.807, 2.05) is 18.2 Å². The van der Waals surface area contributed by atoms with E-state index >= 15 is 0 Å². The Labute approximate surface area is 179 Å². The zero-order valence-corrected chi connectivity index (χ0v) is 18.1. The normalized spacial score (nSPS) is 21.4. The molecule has 0 radical (unpaired) electrons. The molecular formula is C24H30N4O2. The Morgan fingerprint density at radius 3 is 2.43 bits per heavy atom. The number of carbonyl (C=O) groups excluding carboxylic acids is 2. The lowest BCUT2D eigenvalue weighted by atomic mass is 9.68. The van der Waals surface area contributed by atoms with Gasteiger partial charge in [-0.1, -0.05) is 18.2 Å². The van der Waals surface area contributed by atoms with E-state index in [0.717, 1.165) is 44.2 Å². The minimum absolute atomic E-state index is 0.0412. The van der Waals surface area contributed by atoms with Gasteiger partial charge >= 0.3 is 0 Å². The molecule has 1 N–H and O–H groups in total. The van der Waals surface area contributed by atoms with Crippen LogP contribution < -0.4 is 5.32 Å². The van der Waals surface area contributed by atoms with Crippen molar-refractivity contribution in [3.63, 3.8) is 0 Å². The maximum Gasteiger partial charge on any atom is 0.223 e. The van der Waals surface area contributed by atoms with Crippen molar-refractivity contribution in [2.24, 2.45) is 0 Å². The first-order valence-electron chi connectivity index (χ1n) is 10.4. The molecule has 1 aromatic carbocycles. The Morgan fingerprint density at radius 1 is 1.20 bits per heavy atom. The fourth-order valence-electron chi connectivity index (χ4n) is 3.95. The third-order valence-electron chi connectivity index (χ3n) is 5.93. The van der Waals surface area contributed by atoms with E-state index < -0.39 is 5.41 Å². The monoisotopic (exact) mass is 406 g/mol. The molecule has 0 aliphatic heterocycles. The molecule has 1 aliphatic carbocycles. The summed E-state index contributed by atoms with van der Waals surface area (Å²) in [5.41, 5.74) is 1.41. The Balaban J connectivity index is 1.87. The van der Waals surface area contributed by atoms with Gasteiger partial charge in [0, 0.05) is 31.3 Å². The van der Waals surface area contributed by atoms with Crippen molar-refractivity contribution in [3.05, 3.63) is 47.2 Å². The van der Waals surface area contributed by atoms with Gasteiger partial charge in [-0.2, -0.15) is 10.5 Å². The van der Waals surface area contributed by atoms with Crippen LogP contribution in [0.15, 0.2) is 36.0 Å². The van der Waals surface area contributed by atoms with E-state index in [1.165, 1.54) is 13.8 Å². The fourth-order valence-corrected chi connectivity index (χ4v) is 3.95. The number of nitrogens with zero attached hydrogens (tertiary/aromatic N) is 3. The predicted molar refractivity (Wildman–Crippen MR) is 115 cm³/mol. The first-order valence-corrected chi connectivity index (χ1v) is 10.4. The van der Waals surface area contributed by atoms with Gasteiger partial charge in [-0.3, -0.25) is 9.59 Å². The highest BCUT2D eigenvalue weighted by Crippen LogP contribution is 2.40. The lowest BCUT2D eigenvalue weighted by molar-refractivity contribution is -0.126. The summed E-state index contributed by atoms with van der Waals surface area (Å²) < 4.78 is 0. The van der Waals surface area contributed by atoms with Crippen molar-refractivity contribution in [1.82, 2.24) is 10.2 Å². The van der Waals surface area contributed by atoms with Gasteiger partial charge in [0.05, 0.1) is 23.1 Å². The zero-order chi connectivity index (χ0) is 22.1. The summed E-state index contributed by atoms with van der Waals surface area (Å²) in [5, 5.41) is 22.8. The minimum Gasteiger partial charge on any atom is -0.319 e. The standard InChI is InChI=1S/C24H30N4O2/c1-18(19(2)29)16-28(20(3)30)14-6-13-27-22-9-11-24(17-26,12-10-22)23-8-5-4-7-21(23)15-25/h4-5,7-8,16,22,27H,6,9-14H2,1-3H3/b18-16-. The second kappa shape index (κ2) is 10.7. The lowest BCUT2D eigenvalue weighted by Crippen LogP contribution is -2.40. The zero-order valence-electron chi connectivity index (χ0n) is 18.1. The smallest absolute Gasteiger partial charge is 0.223 e. The molecule has 1 amide bonds. The molecule has 0 bridgehead atoms. The molecule has 0 saturated heterocycles. The van der Waals surface area contributed by atoms with Crippen molar-refractivity contribution in [2.75, 3.05) is 13.1 Å². The van der Waals surface area contributed by atoms with Gasteiger partial charge in [0.2, 0.25) is 5.91 Å². The number of benzene rings is 1. The number of allylic oxidation sites excluding steroid dienone is 1. The molecule has 30 heavy (non-hydrogen) atoms. The number of hydrogen-bond acceptors (Lipinski definition) is 5. The molecular weight excluding hydrogens is 376 g/mol. The van der Waals surface area contributed by atoms with E-state index in [4.69, 9.17) is 0 Å². The second-order valence-electron chi connectivity index (χ2n) is 8.01. The Morgan fingerprint density at radius 2 is 1.87 bits per heavy atom. The molecule has 0 unspecified atom stereocenters. The number of ketones is 1. The summed E-state index contributed by atoms with van der Waals surface area (Å²) in [6.07, 6.45) is 5.58. The summed E-state index contributed by atoms with van der Waals surface area (Å²) in [5.74, 6) is -0.122. The number of rotatable bonds is 8. The summed E-state index contributed by atoms with van der Waals surface area (Å²) in [6, 6.07) is 12.4. The molecule has 0 aromatic heterocycles. The first kappa shape index (κ1) is 23.3. The number of hydrogen-bond donors (Lipinski definition) is 1. The maximum atomic E-state index is 11.8. The largest absolute Gasteiger partial charge is 0.319 e. The van der Waals surface area contributed by atoms with Crippen molar-refractivity contribution >= 4 is 11.7 Å². The molecule has 6 heteroatoms. The van der Waals surface area contributed by atoms with Crippen LogP contribution in [0.25, 0.3) is 0 Å². The van der Waals surface area contributed by atoms with Crippen LogP contribution in [0.4, 0.5) is 0 Å². The van der Waals surface area contributed by atoms with Crippen LogP contribution in [-0.4, -0.2) is 35.7 Å². The molecule has 158 valence electrons. The summed E-state index contributed by atoms with van der Waals surface area (Å²) in [7, 11) is 0. The van der Waals surface area contributed by atoms with Gasteiger partial charge in [-0.15, -0.1) is 0 Å². The van der Waals surface area contributed by atoms with Crippen molar-refractivity contribution in [1.29, 1.82) is 10.5 Å². The third kappa shape index (κ3) is 5.78. The molecule has 0 atom stereocenters. The highest BCUT2D eigenvalue weighted by atomic mass is 16.2. The highest BCUT2D eigenvalue weighted by Gasteiger charge is 2.38. The Bertz CT molecular complexity index is 883. The molecule has 2 rings (SSSR count). The van der Waals surface area contributed by atoms with Gasteiger partial charge < -0.3 is 10.2 Å². The molecule has 1 aromatic rings. The van der Waals surface area contributed by atoms with Crippen LogP contribution in [-0.2, 0) is 15.0 Å². The van der Waals surface area contributed by atoms with E-state index in [0.29, 0.717) is 23.7 Å². The average Bonchev–Trinajstić information content (AvgIpc) is 2.75. The Kier molecular flexibility index (Phi) is 8.33. The van der Waals surface area contributed by atoms with Gasteiger partial charge in [-0.05, 0) is 64.1 Å². The predicted octanol–water partition coefficient (Wildman–Crippen LogP) is 3.58. The van der Waals surface area contributed by atoms with Crippen molar-refractivity contribution in [3.8, 4) is 12.1 Å². The molecule has 0 spiro atoms. The van der Waals surface area contributed by atoms with E-state index in [2.05, 4.69) is 17.5 Å². The highest BCUT2D eigenvalue weighted by molar-refractivity contribution is 5.93. The Hall–Kier alpha value is -2.96. The number of nitrogens with one attached hydrogen (secondary N) is 1. The third-order valence-corrected chi connectivity index (χ3v) is 5.93. The lowest BCUT2D eigenvalue weighted by Gasteiger charge is -2.36. The molecule has 1 fully saturated rings. The van der Waals surface area contributed by atoms with Gasteiger partial charge in [0.1, 0.15) is 0 Å². The second-order valence-corrected chi connectivity index (χ2v) is 8.01. The van der Waals surface area contributed by atoms with Crippen LogP contribution in [0, 0.1) is 22.7 Å². The summed E-state index contributed by atoms with van der Waals surface area (Å²) >= 11 is 0. The van der Waals surface area contributed by atoms with Crippen LogP contribution in [0.3, 0.4) is 0 Å². The van der Waals surface area contributed by atoms with E-state index in [-0.39, 0.29) is 11.7 Å². The van der Waals surface area contributed by atoms with Gasteiger partial charge in [0.25, 0.3) is 0 Å². The average molecular weight is 407 g/mol. The van der Waals surface area contributed by atoms with Crippen LogP contribution >= 0.6 is 0 Å². The number of carbonyl (C=O) groups is 2. The van der Waals surface area contributed by atoms with Crippen LogP contribution in [0.1, 0.15) is 64.0 Å². The topological polar surface area (TPSA) is 97.0 Å². The SMILES string of the molecule is CC(=O)/C(C)=C\N(CCCNC1CCC(C#N)(c2ccccc2C#N)CC1)C(C)=O. The summed E-state index contributed by atoms with van der Waals surface area (Å²) in [6.45, 7) is 6.02. The maximum absolute atomic E-state index is 11.8. The van der Waals surface area contributed by atoms with Gasteiger partial charge in [-0.25, -0.2) is 0 Å². The first-order chi connectivity index (χ1) is 14.3. The number of Topliss-reactive ketones (excluding diaryl/α,β-unsaturated/α-hetero) is 1. The van der Waals surface area contributed by atoms with Crippen molar-refractivity contribution < 1.29 is 9.59 Å². The number of nitriles is 2.